The third-order valence-corrected chi connectivity index (χ3v) is 3.63. The second kappa shape index (κ2) is 6.83. The van der Waals surface area contributed by atoms with E-state index in [9.17, 15) is 4.39 Å². The molecular weight excluding hydrogens is 265 g/mol. The van der Waals surface area contributed by atoms with Crippen molar-refractivity contribution in [3.63, 3.8) is 0 Å². The van der Waals surface area contributed by atoms with Crippen molar-refractivity contribution in [1.29, 1.82) is 0 Å². The van der Waals surface area contributed by atoms with Crippen molar-refractivity contribution in [2.24, 2.45) is 5.73 Å². The Hall–Kier alpha value is -1.71. The number of hydrogen-bond donors (Lipinski definition) is 1. The maximum absolute atomic E-state index is 13.0. The van der Waals surface area contributed by atoms with Gasteiger partial charge in [0.2, 0.25) is 0 Å². The Morgan fingerprint density at radius 1 is 1.10 bits per heavy atom. The van der Waals surface area contributed by atoms with E-state index in [1.165, 1.54) is 12.1 Å². The molecule has 0 saturated heterocycles. The second-order valence-electron chi connectivity index (χ2n) is 5.40. The first-order chi connectivity index (χ1) is 10.0. The van der Waals surface area contributed by atoms with Crippen molar-refractivity contribution >= 4 is 0 Å². The van der Waals surface area contributed by atoms with Crippen LogP contribution in [0.4, 0.5) is 4.39 Å². The van der Waals surface area contributed by atoms with Gasteiger partial charge in [-0.3, -0.25) is 5.73 Å². The molecule has 2 rings (SSSR count). The number of hydrogen-bond acceptors (Lipinski definition) is 2. The van der Waals surface area contributed by atoms with E-state index in [0.717, 1.165) is 17.5 Å². The number of benzene rings is 2. The lowest BCUT2D eigenvalue weighted by Crippen LogP contribution is -2.44. The summed E-state index contributed by atoms with van der Waals surface area (Å²) in [7, 11) is 0. The van der Waals surface area contributed by atoms with Crippen molar-refractivity contribution in [2.45, 2.75) is 38.5 Å². The minimum absolute atomic E-state index is 0.0515. The van der Waals surface area contributed by atoms with Gasteiger partial charge in [-0.2, -0.15) is 0 Å². The van der Waals surface area contributed by atoms with Crippen LogP contribution >= 0.6 is 0 Å². The minimum Gasteiger partial charge on any atom is -0.353 e. The van der Waals surface area contributed by atoms with Crippen LogP contribution in [0, 0.1) is 5.82 Å². The molecule has 0 fully saturated rings. The lowest BCUT2D eigenvalue weighted by molar-refractivity contribution is -0.0901. The molecule has 2 aromatic rings. The second-order valence-corrected chi connectivity index (χ2v) is 5.40. The lowest BCUT2D eigenvalue weighted by Gasteiger charge is -2.33. The first-order valence-corrected chi connectivity index (χ1v) is 7.30. The standard InChI is InChI=1S/C18H22FNO/c1-3-14(2)21-18(20,16-7-5-4-6-8-16)13-15-9-11-17(19)12-10-15/h4-12,14H,3,13,20H2,1-2H3. The van der Waals surface area contributed by atoms with E-state index in [-0.39, 0.29) is 11.9 Å². The third kappa shape index (κ3) is 4.13. The smallest absolute Gasteiger partial charge is 0.147 e. The highest BCUT2D eigenvalue weighted by Crippen LogP contribution is 2.27. The molecule has 2 unspecified atom stereocenters. The molecule has 0 aliphatic heterocycles. The average Bonchev–Trinajstić information content (AvgIpc) is 2.50. The summed E-state index contributed by atoms with van der Waals surface area (Å²) in [5.41, 5.74) is 7.52. The minimum atomic E-state index is -0.908. The zero-order valence-electron chi connectivity index (χ0n) is 12.6. The van der Waals surface area contributed by atoms with Crippen LogP contribution in [-0.4, -0.2) is 6.10 Å². The van der Waals surface area contributed by atoms with Crippen LogP contribution in [0.3, 0.4) is 0 Å². The van der Waals surface area contributed by atoms with Gasteiger partial charge in [0.25, 0.3) is 0 Å². The molecule has 21 heavy (non-hydrogen) atoms. The molecule has 2 nitrogen and oxygen atoms in total. The first kappa shape index (κ1) is 15.7. The third-order valence-electron chi connectivity index (χ3n) is 3.63. The summed E-state index contributed by atoms with van der Waals surface area (Å²) in [5.74, 6) is -0.246. The molecule has 2 atom stereocenters. The van der Waals surface area contributed by atoms with Gasteiger partial charge < -0.3 is 4.74 Å². The van der Waals surface area contributed by atoms with E-state index in [2.05, 4.69) is 6.92 Å². The van der Waals surface area contributed by atoms with E-state index in [0.29, 0.717) is 6.42 Å². The van der Waals surface area contributed by atoms with Gasteiger partial charge in [-0.1, -0.05) is 49.4 Å². The van der Waals surface area contributed by atoms with E-state index >= 15 is 0 Å². The zero-order chi connectivity index (χ0) is 15.3. The summed E-state index contributed by atoms with van der Waals surface area (Å²) in [6.45, 7) is 4.07. The highest BCUT2D eigenvalue weighted by atomic mass is 19.1. The molecule has 0 aromatic heterocycles. The molecule has 0 spiro atoms. The summed E-state index contributed by atoms with van der Waals surface area (Å²) in [5, 5.41) is 0. The molecule has 112 valence electrons. The molecule has 2 N–H and O–H groups in total. The Labute approximate surface area is 125 Å². The van der Waals surface area contributed by atoms with Gasteiger partial charge in [0.05, 0.1) is 6.10 Å². The largest absolute Gasteiger partial charge is 0.353 e. The Kier molecular flexibility index (Phi) is 5.10. The Morgan fingerprint density at radius 2 is 1.71 bits per heavy atom. The first-order valence-electron chi connectivity index (χ1n) is 7.30. The van der Waals surface area contributed by atoms with E-state index in [4.69, 9.17) is 10.5 Å². The van der Waals surface area contributed by atoms with Crippen LogP contribution < -0.4 is 5.73 Å². The molecular formula is C18H22FNO. The fourth-order valence-corrected chi connectivity index (χ4v) is 2.28. The van der Waals surface area contributed by atoms with Gasteiger partial charge in [0.1, 0.15) is 11.5 Å². The summed E-state index contributed by atoms with van der Waals surface area (Å²) in [4.78, 5) is 0. The monoisotopic (exact) mass is 287 g/mol. The predicted molar refractivity (Wildman–Crippen MR) is 83.2 cm³/mol. The van der Waals surface area contributed by atoms with Crippen molar-refractivity contribution in [3.05, 3.63) is 71.5 Å². The van der Waals surface area contributed by atoms with Gasteiger partial charge in [-0.05, 0) is 36.6 Å². The molecule has 0 saturated carbocycles. The molecule has 2 aromatic carbocycles. The van der Waals surface area contributed by atoms with Gasteiger partial charge in [0.15, 0.2) is 0 Å². The summed E-state index contributed by atoms with van der Waals surface area (Å²) < 4.78 is 19.1. The summed E-state index contributed by atoms with van der Waals surface area (Å²) >= 11 is 0. The molecule has 0 radical (unpaired) electrons. The highest BCUT2D eigenvalue weighted by Gasteiger charge is 2.30. The summed E-state index contributed by atoms with van der Waals surface area (Å²) in [6, 6.07) is 16.2. The molecule has 3 heteroatoms. The van der Waals surface area contributed by atoms with Crippen molar-refractivity contribution in [2.75, 3.05) is 0 Å². The highest BCUT2D eigenvalue weighted by molar-refractivity contribution is 5.26. The van der Waals surface area contributed by atoms with Crippen LogP contribution in [0.25, 0.3) is 0 Å². The van der Waals surface area contributed by atoms with Crippen LogP contribution in [0.1, 0.15) is 31.4 Å². The Balaban J connectivity index is 2.29. The summed E-state index contributed by atoms with van der Waals surface area (Å²) in [6.07, 6.45) is 1.44. The Bertz CT molecular complexity index is 555. The van der Waals surface area contributed by atoms with Crippen molar-refractivity contribution in [1.82, 2.24) is 0 Å². The van der Waals surface area contributed by atoms with Crippen LogP contribution in [0.5, 0.6) is 0 Å². The Morgan fingerprint density at radius 3 is 2.29 bits per heavy atom. The molecule has 0 bridgehead atoms. The van der Waals surface area contributed by atoms with Gasteiger partial charge >= 0.3 is 0 Å². The number of halogens is 1. The maximum Gasteiger partial charge on any atom is 0.147 e. The fraction of sp³-hybridized carbons (Fsp3) is 0.333. The fourth-order valence-electron chi connectivity index (χ4n) is 2.28. The maximum atomic E-state index is 13.0. The molecule has 0 heterocycles. The van der Waals surface area contributed by atoms with Crippen LogP contribution in [0.15, 0.2) is 54.6 Å². The lowest BCUT2D eigenvalue weighted by atomic mass is 9.95. The number of ether oxygens (including phenoxy) is 1. The quantitative estimate of drug-likeness (QED) is 0.815. The SMILES string of the molecule is CCC(C)OC(N)(Cc1ccc(F)cc1)c1ccccc1. The van der Waals surface area contributed by atoms with Gasteiger partial charge in [0, 0.05) is 6.42 Å². The molecule has 0 amide bonds. The number of rotatable bonds is 6. The predicted octanol–water partition coefficient (Wildman–Crippen LogP) is 4.00. The van der Waals surface area contributed by atoms with Crippen LogP contribution in [0.2, 0.25) is 0 Å². The van der Waals surface area contributed by atoms with Crippen molar-refractivity contribution in [3.8, 4) is 0 Å². The van der Waals surface area contributed by atoms with E-state index in [1.807, 2.05) is 37.3 Å². The number of nitrogens with two attached hydrogens (primary N) is 1. The van der Waals surface area contributed by atoms with E-state index in [1.54, 1.807) is 12.1 Å². The topological polar surface area (TPSA) is 35.2 Å². The zero-order valence-corrected chi connectivity index (χ0v) is 12.6. The molecule has 0 aliphatic rings. The van der Waals surface area contributed by atoms with Crippen molar-refractivity contribution < 1.29 is 9.13 Å². The average molecular weight is 287 g/mol. The van der Waals surface area contributed by atoms with Gasteiger partial charge in [-0.25, -0.2) is 4.39 Å². The molecule has 0 aliphatic carbocycles. The van der Waals surface area contributed by atoms with Crippen LogP contribution in [-0.2, 0) is 16.9 Å². The van der Waals surface area contributed by atoms with E-state index < -0.39 is 5.72 Å². The normalized spacial score (nSPS) is 15.4. The van der Waals surface area contributed by atoms with Gasteiger partial charge in [-0.15, -0.1) is 0 Å².